The van der Waals surface area contributed by atoms with Crippen LogP contribution in [0.3, 0.4) is 0 Å². The third-order valence-corrected chi connectivity index (χ3v) is 3.67. The van der Waals surface area contributed by atoms with Gasteiger partial charge in [-0.1, -0.05) is 16.6 Å². The van der Waals surface area contributed by atoms with Gasteiger partial charge in [0.25, 0.3) is 0 Å². The quantitative estimate of drug-likeness (QED) is 0.792. The zero-order valence-electron chi connectivity index (χ0n) is 10.5. The predicted molar refractivity (Wildman–Crippen MR) is 74.0 cm³/mol. The van der Waals surface area contributed by atoms with Crippen LogP contribution in [0.25, 0.3) is 11.0 Å². The molecule has 0 radical (unpaired) electrons. The number of benzene rings is 1. The molecule has 0 spiro atoms. The van der Waals surface area contributed by atoms with Crippen molar-refractivity contribution in [2.75, 3.05) is 0 Å². The molecule has 0 saturated heterocycles. The molecular weight excluding hydrogens is 260 g/mol. The lowest BCUT2D eigenvalue weighted by atomic mass is 10.2. The number of nitrogens with zero attached hydrogens (tertiary/aromatic N) is 4. The number of aliphatic hydroxyl groups is 1. The Morgan fingerprint density at radius 1 is 1.37 bits per heavy atom. The highest BCUT2D eigenvalue weighted by atomic mass is 32.1. The smallest absolute Gasteiger partial charge is 0.112 e. The fourth-order valence-electron chi connectivity index (χ4n) is 2.23. The van der Waals surface area contributed by atoms with Crippen LogP contribution in [0.5, 0.6) is 0 Å². The topological polar surface area (TPSA) is 63.8 Å². The normalized spacial score (nSPS) is 12.9. The van der Waals surface area contributed by atoms with Crippen molar-refractivity contribution in [1.29, 1.82) is 0 Å². The molecule has 0 bridgehead atoms. The van der Waals surface area contributed by atoms with Crippen molar-refractivity contribution in [3.63, 3.8) is 0 Å². The lowest BCUT2D eigenvalue weighted by Crippen LogP contribution is -2.08. The number of hydrogen-bond acceptors (Lipinski definition) is 5. The van der Waals surface area contributed by atoms with E-state index >= 15 is 0 Å². The highest BCUT2D eigenvalue weighted by Gasteiger charge is 2.16. The fraction of sp³-hybridized carbons (Fsp3) is 0.308. The Balaban J connectivity index is 1.96. The van der Waals surface area contributed by atoms with Gasteiger partial charge in [-0.25, -0.2) is 4.98 Å². The average Bonchev–Trinajstić information content (AvgIpc) is 3.05. The van der Waals surface area contributed by atoms with Gasteiger partial charge in [0, 0.05) is 18.3 Å². The molecule has 0 aliphatic heterocycles. The second kappa shape index (κ2) is 5.07. The van der Waals surface area contributed by atoms with Gasteiger partial charge in [0.05, 0.1) is 11.0 Å². The molecule has 1 unspecified atom stereocenters. The summed E-state index contributed by atoms with van der Waals surface area (Å²) in [6, 6.07) is 8.01. The van der Waals surface area contributed by atoms with Crippen LogP contribution < -0.4 is 0 Å². The van der Waals surface area contributed by atoms with E-state index in [1.807, 2.05) is 24.3 Å². The molecule has 2 heterocycles. The molecule has 0 saturated carbocycles. The summed E-state index contributed by atoms with van der Waals surface area (Å²) < 4.78 is 5.90. The Hall–Kier alpha value is -1.79. The number of fused-ring (bicyclic) bond motifs is 1. The molecule has 0 amide bonds. The summed E-state index contributed by atoms with van der Waals surface area (Å²) in [6.45, 7) is 2.91. The molecule has 0 aliphatic rings. The zero-order chi connectivity index (χ0) is 13.2. The Morgan fingerprint density at radius 2 is 2.21 bits per heavy atom. The van der Waals surface area contributed by atoms with Gasteiger partial charge in [-0.2, -0.15) is 0 Å². The minimum atomic E-state index is -0.652. The summed E-state index contributed by atoms with van der Waals surface area (Å²) in [5, 5.41) is 15.8. The highest BCUT2D eigenvalue weighted by molar-refractivity contribution is 7.03. The van der Waals surface area contributed by atoms with Crippen LogP contribution in [0, 0.1) is 0 Å². The maximum absolute atomic E-state index is 10.2. The first-order chi connectivity index (χ1) is 9.29. The lowest BCUT2D eigenvalue weighted by Gasteiger charge is -2.09. The Bertz CT molecular complexity index is 677. The van der Waals surface area contributed by atoms with E-state index in [0.717, 1.165) is 23.4 Å². The van der Waals surface area contributed by atoms with Gasteiger partial charge in [0.1, 0.15) is 17.6 Å². The summed E-state index contributed by atoms with van der Waals surface area (Å²) in [4.78, 5) is 4.59. The van der Waals surface area contributed by atoms with Crippen molar-refractivity contribution in [2.45, 2.75) is 26.0 Å². The van der Waals surface area contributed by atoms with Crippen LogP contribution in [0.1, 0.15) is 24.5 Å². The van der Waals surface area contributed by atoms with Crippen LogP contribution in [-0.4, -0.2) is 24.2 Å². The number of aryl methyl sites for hydroxylation is 1. The van der Waals surface area contributed by atoms with Crippen molar-refractivity contribution >= 4 is 22.6 Å². The monoisotopic (exact) mass is 274 g/mol. The molecule has 19 heavy (non-hydrogen) atoms. The van der Waals surface area contributed by atoms with E-state index in [4.69, 9.17) is 0 Å². The van der Waals surface area contributed by atoms with E-state index in [2.05, 4.69) is 26.1 Å². The molecule has 98 valence electrons. The van der Waals surface area contributed by atoms with Crippen molar-refractivity contribution in [2.24, 2.45) is 0 Å². The molecule has 2 aromatic heterocycles. The zero-order valence-corrected chi connectivity index (χ0v) is 11.3. The van der Waals surface area contributed by atoms with Crippen LogP contribution in [0.15, 0.2) is 29.6 Å². The van der Waals surface area contributed by atoms with Gasteiger partial charge in [0.2, 0.25) is 0 Å². The number of para-hydroxylation sites is 2. The molecule has 6 heteroatoms. The van der Waals surface area contributed by atoms with Gasteiger partial charge >= 0.3 is 0 Å². The summed E-state index contributed by atoms with van der Waals surface area (Å²) in [5.41, 5.74) is 2.67. The van der Waals surface area contributed by atoms with E-state index in [-0.39, 0.29) is 0 Å². The van der Waals surface area contributed by atoms with Gasteiger partial charge in [-0.15, -0.1) is 5.10 Å². The van der Waals surface area contributed by atoms with Crippen molar-refractivity contribution < 1.29 is 5.11 Å². The number of hydrogen-bond donors (Lipinski definition) is 1. The van der Waals surface area contributed by atoms with Crippen LogP contribution in [0.2, 0.25) is 0 Å². The number of rotatable bonds is 4. The minimum absolute atomic E-state index is 0.452. The third kappa shape index (κ3) is 2.24. The molecule has 3 aromatic rings. The number of imidazole rings is 1. The van der Waals surface area contributed by atoms with Crippen molar-refractivity contribution in [1.82, 2.24) is 19.1 Å². The van der Waals surface area contributed by atoms with Gasteiger partial charge in [-0.3, -0.25) is 0 Å². The highest BCUT2D eigenvalue weighted by Crippen LogP contribution is 2.21. The van der Waals surface area contributed by atoms with Gasteiger partial charge in [0.15, 0.2) is 0 Å². The number of aliphatic hydroxyl groups excluding tert-OH is 1. The van der Waals surface area contributed by atoms with E-state index in [0.29, 0.717) is 12.1 Å². The summed E-state index contributed by atoms with van der Waals surface area (Å²) in [5.74, 6) is 0.879. The summed E-state index contributed by atoms with van der Waals surface area (Å²) >= 11 is 1.25. The molecule has 3 rings (SSSR count). The molecule has 1 N–H and O–H groups in total. The average molecular weight is 274 g/mol. The summed E-state index contributed by atoms with van der Waals surface area (Å²) in [6.07, 6.45) is -0.200. The Morgan fingerprint density at radius 3 is 2.95 bits per heavy atom. The first kappa shape index (κ1) is 12.3. The van der Waals surface area contributed by atoms with Gasteiger partial charge < -0.3 is 9.67 Å². The molecule has 1 aromatic carbocycles. The first-order valence-corrected chi connectivity index (χ1v) is 7.02. The Labute approximate surface area is 114 Å². The second-order valence-electron chi connectivity index (χ2n) is 4.31. The van der Waals surface area contributed by atoms with E-state index in [9.17, 15) is 5.11 Å². The molecule has 5 nitrogen and oxygen atoms in total. The van der Waals surface area contributed by atoms with Gasteiger partial charge in [-0.05, 0) is 30.6 Å². The van der Waals surface area contributed by atoms with Crippen LogP contribution in [0.4, 0.5) is 0 Å². The van der Waals surface area contributed by atoms with Crippen molar-refractivity contribution in [3.8, 4) is 0 Å². The lowest BCUT2D eigenvalue weighted by molar-refractivity contribution is 0.170. The molecule has 0 aliphatic carbocycles. The largest absolute Gasteiger partial charge is 0.386 e. The second-order valence-corrected chi connectivity index (χ2v) is 4.92. The summed E-state index contributed by atoms with van der Waals surface area (Å²) in [7, 11) is 0. The van der Waals surface area contributed by atoms with Crippen LogP contribution >= 0.6 is 11.5 Å². The maximum atomic E-state index is 10.2. The first-order valence-electron chi connectivity index (χ1n) is 6.18. The minimum Gasteiger partial charge on any atom is -0.386 e. The third-order valence-electron chi connectivity index (χ3n) is 3.14. The predicted octanol–water partition coefficient (Wildman–Crippen LogP) is 2.18. The Kier molecular flexibility index (Phi) is 3.27. The fourth-order valence-corrected chi connectivity index (χ4v) is 2.73. The molecule has 1 atom stereocenters. The van der Waals surface area contributed by atoms with Crippen molar-refractivity contribution in [3.05, 3.63) is 41.2 Å². The molecule has 0 fully saturated rings. The van der Waals surface area contributed by atoms with Crippen LogP contribution in [-0.2, 0) is 13.0 Å². The van der Waals surface area contributed by atoms with E-state index in [1.165, 1.54) is 11.5 Å². The standard InChI is InChI=1S/C13H14N4OS/c1-2-17-11-6-4-3-5-9(11)14-13(17)7-12(18)10-8-19-16-15-10/h3-6,8,12,18H,2,7H2,1H3. The maximum Gasteiger partial charge on any atom is 0.112 e. The van der Waals surface area contributed by atoms with E-state index in [1.54, 1.807) is 5.38 Å². The molecular formula is C13H14N4OS. The number of aromatic nitrogens is 4. The SMILES string of the molecule is CCn1c(CC(O)c2csnn2)nc2ccccc21. The van der Waals surface area contributed by atoms with E-state index < -0.39 is 6.10 Å².